The number of non-ortho nitro benzene ring substituents is 1. The van der Waals surface area contributed by atoms with E-state index in [-0.39, 0.29) is 17.3 Å². The number of methoxy groups -OCH3 is 2. The number of benzene rings is 3. The van der Waals surface area contributed by atoms with Gasteiger partial charge in [-0.1, -0.05) is 6.07 Å². The Bertz CT molecular complexity index is 1220. The largest absolute Gasteiger partial charge is 0.507 e. The van der Waals surface area contributed by atoms with Crippen LogP contribution in [0.1, 0.15) is 11.1 Å². The summed E-state index contributed by atoms with van der Waals surface area (Å²) >= 11 is 0. The second-order valence-electron chi connectivity index (χ2n) is 6.43. The number of carbonyl (C=O) groups excluding carboxylic acids is 1. The van der Waals surface area contributed by atoms with E-state index in [1.807, 2.05) is 0 Å². The van der Waals surface area contributed by atoms with Crippen LogP contribution in [0, 0.1) is 10.1 Å². The molecule has 1 heterocycles. The summed E-state index contributed by atoms with van der Waals surface area (Å²) in [5, 5.41) is 25.4. The van der Waals surface area contributed by atoms with Crippen molar-refractivity contribution in [3.8, 4) is 17.2 Å². The first-order valence-electron chi connectivity index (χ1n) is 8.62. The Kier molecular flexibility index (Phi) is 4.31. The molecule has 0 spiro atoms. The number of phenols is 1. The number of nitrogens with one attached hydrogen (secondary N) is 1. The fraction of sp³-hybridized carbons (Fsp3) is 0.0952. The molecule has 0 aliphatic carbocycles. The molecule has 4 rings (SSSR count). The Morgan fingerprint density at radius 3 is 2.48 bits per heavy atom. The summed E-state index contributed by atoms with van der Waals surface area (Å²) in [6.45, 7) is 0. The van der Waals surface area contributed by atoms with E-state index in [2.05, 4.69) is 5.32 Å². The lowest BCUT2D eigenvalue weighted by Gasteiger charge is -2.10. The van der Waals surface area contributed by atoms with Gasteiger partial charge in [0.05, 0.1) is 24.8 Å². The second kappa shape index (κ2) is 6.83. The van der Waals surface area contributed by atoms with Crippen LogP contribution in [-0.2, 0) is 4.79 Å². The molecule has 29 heavy (non-hydrogen) atoms. The Labute approximate surface area is 165 Å². The molecule has 146 valence electrons. The number of phenolic OH excluding ortho intramolecular Hbond substituents is 1. The van der Waals surface area contributed by atoms with Crippen molar-refractivity contribution in [1.29, 1.82) is 0 Å². The highest BCUT2D eigenvalue weighted by molar-refractivity contribution is 6.35. The van der Waals surface area contributed by atoms with E-state index in [4.69, 9.17) is 9.47 Å². The molecule has 0 aromatic heterocycles. The lowest BCUT2D eigenvalue weighted by Crippen LogP contribution is -2.03. The minimum atomic E-state index is -0.481. The zero-order valence-electron chi connectivity index (χ0n) is 15.6. The molecule has 0 saturated heterocycles. The molecular weight excluding hydrogens is 376 g/mol. The van der Waals surface area contributed by atoms with E-state index in [0.717, 1.165) is 0 Å². The first-order chi connectivity index (χ1) is 13.9. The fourth-order valence-electron chi connectivity index (χ4n) is 3.40. The van der Waals surface area contributed by atoms with Gasteiger partial charge in [-0.15, -0.1) is 0 Å². The standard InChI is InChI=1S/C21H16N2O6/c1-28-19-9-14-16(21(25)22-17(14)10-20(19)29-2)8-15-13-5-4-12(23(26)27)7-11(13)3-6-18(15)24/h3-10,24H,1-2H3,(H,22,25). The lowest BCUT2D eigenvalue weighted by atomic mass is 9.98. The van der Waals surface area contributed by atoms with Crippen molar-refractivity contribution in [3.05, 3.63) is 63.7 Å². The molecule has 8 nitrogen and oxygen atoms in total. The zero-order valence-corrected chi connectivity index (χ0v) is 15.6. The van der Waals surface area contributed by atoms with Gasteiger partial charge in [0, 0.05) is 34.9 Å². The second-order valence-corrected chi connectivity index (χ2v) is 6.43. The Morgan fingerprint density at radius 1 is 1.07 bits per heavy atom. The van der Waals surface area contributed by atoms with Crippen LogP contribution in [0.5, 0.6) is 17.2 Å². The number of fused-ring (bicyclic) bond motifs is 2. The summed E-state index contributed by atoms with van der Waals surface area (Å²) in [7, 11) is 3.01. The van der Waals surface area contributed by atoms with Crippen LogP contribution < -0.4 is 14.8 Å². The summed E-state index contributed by atoms with van der Waals surface area (Å²) in [4.78, 5) is 23.1. The summed E-state index contributed by atoms with van der Waals surface area (Å²) in [5.41, 5.74) is 1.84. The van der Waals surface area contributed by atoms with E-state index in [0.29, 0.717) is 44.7 Å². The first kappa shape index (κ1) is 18.3. The number of nitrogens with zero attached hydrogens (tertiary/aromatic N) is 1. The molecule has 0 saturated carbocycles. The zero-order chi connectivity index (χ0) is 20.7. The van der Waals surface area contributed by atoms with Crippen molar-refractivity contribution < 1.29 is 24.3 Å². The van der Waals surface area contributed by atoms with Gasteiger partial charge in [-0.2, -0.15) is 0 Å². The van der Waals surface area contributed by atoms with Crippen molar-refractivity contribution in [2.45, 2.75) is 0 Å². The highest BCUT2D eigenvalue weighted by Crippen LogP contribution is 2.42. The van der Waals surface area contributed by atoms with Gasteiger partial charge in [0.25, 0.3) is 11.6 Å². The van der Waals surface area contributed by atoms with Gasteiger partial charge in [-0.05, 0) is 35.0 Å². The van der Waals surface area contributed by atoms with Crippen LogP contribution >= 0.6 is 0 Å². The van der Waals surface area contributed by atoms with Gasteiger partial charge in [0.1, 0.15) is 5.75 Å². The van der Waals surface area contributed by atoms with E-state index in [9.17, 15) is 20.0 Å². The van der Waals surface area contributed by atoms with Gasteiger partial charge in [0.2, 0.25) is 0 Å². The monoisotopic (exact) mass is 392 g/mol. The number of nitro benzene ring substituents is 1. The number of aromatic hydroxyl groups is 1. The summed E-state index contributed by atoms with van der Waals surface area (Å²) in [6.07, 6.45) is 1.57. The van der Waals surface area contributed by atoms with Crippen molar-refractivity contribution in [3.63, 3.8) is 0 Å². The number of amides is 1. The Morgan fingerprint density at radius 2 is 1.79 bits per heavy atom. The highest BCUT2D eigenvalue weighted by Gasteiger charge is 2.27. The molecule has 0 bridgehead atoms. The maximum Gasteiger partial charge on any atom is 0.270 e. The average Bonchev–Trinajstić information content (AvgIpc) is 3.02. The Hall–Kier alpha value is -4.07. The van der Waals surface area contributed by atoms with Gasteiger partial charge < -0.3 is 19.9 Å². The van der Waals surface area contributed by atoms with Gasteiger partial charge >= 0.3 is 0 Å². The van der Waals surface area contributed by atoms with E-state index in [1.165, 1.54) is 32.4 Å². The molecule has 3 aromatic carbocycles. The third kappa shape index (κ3) is 3.00. The molecule has 2 N–H and O–H groups in total. The number of rotatable bonds is 4. The van der Waals surface area contributed by atoms with Crippen LogP contribution in [0.2, 0.25) is 0 Å². The molecule has 1 aliphatic rings. The minimum Gasteiger partial charge on any atom is -0.507 e. The van der Waals surface area contributed by atoms with Crippen LogP contribution in [0.3, 0.4) is 0 Å². The number of ether oxygens (including phenoxy) is 2. The molecule has 1 amide bonds. The highest BCUT2D eigenvalue weighted by atomic mass is 16.6. The summed E-state index contributed by atoms with van der Waals surface area (Å²) in [6, 6.07) is 10.7. The van der Waals surface area contributed by atoms with E-state index < -0.39 is 4.92 Å². The Balaban J connectivity index is 1.91. The normalized spacial score (nSPS) is 14.0. The fourth-order valence-corrected chi connectivity index (χ4v) is 3.40. The quantitative estimate of drug-likeness (QED) is 0.395. The van der Waals surface area contributed by atoms with Gasteiger partial charge in [-0.3, -0.25) is 14.9 Å². The van der Waals surface area contributed by atoms with Crippen LogP contribution in [0.25, 0.3) is 22.4 Å². The predicted molar refractivity (Wildman–Crippen MR) is 108 cm³/mol. The van der Waals surface area contributed by atoms with Crippen LogP contribution in [0.4, 0.5) is 11.4 Å². The summed E-state index contributed by atoms with van der Waals surface area (Å²) in [5.74, 6) is 0.564. The molecule has 1 aliphatic heterocycles. The number of carbonyl (C=O) groups is 1. The lowest BCUT2D eigenvalue weighted by molar-refractivity contribution is -0.384. The van der Waals surface area contributed by atoms with Gasteiger partial charge in [0.15, 0.2) is 11.5 Å². The molecule has 0 atom stereocenters. The predicted octanol–water partition coefficient (Wildman–Crippen LogP) is 3.96. The maximum atomic E-state index is 12.6. The van der Waals surface area contributed by atoms with Crippen LogP contribution in [0.15, 0.2) is 42.5 Å². The summed E-state index contributed by atoms with van der Waals surface area (Å²) < 4.78 is 10.6. The molecule has 3 aromatic rings. The van der Waals surface area contributed by atoms with Crippen molar-refractivity contribution in [2.75, 3.05) is 19.5 Å². The molecule has 0 radical (unpaired) electrons. The molecular formula is C21H16N2O6. The number of hydrogen-bond acceptors (Lipinski definition) is 6. The van der Waals surface area contributed by atoms with E-state index in [1.54, 1.807) is 30.3 Å². The van der Waals surface area contributed by atoms with Gasteiger partial charge in [-0.25, -0.2) is 0 Å². The first-order valence-corrected chi connectivity index (χ1v) is 8.62. The number of hydrogen-bond donors (Lipinski definition) is 2. The van der Waals surface area contributed by atoms with Crippen molar-refractivity contribution in [2.24, 2.45) is 0 Å². The number of nitro groups is 1. The minimum absolute atomic E-state index is 0.0411. The SMILES string of the molecule is COc1cc2c(cc1OC)C(=Cc1c(O)ccc3cc([N+](=O)[O-])ccc13)C(=O)N2. The van der Waals surface area contributed by atoms with Crippen molar-refractivity contribution in [1.82, 2.24) is 0 Å². The molecule has 0 unspecified atom stereocenters. The van der Waals surface area contributed by atoms with Crippen LogP contribution in [-0.4, -0.2) is 30.2 Å². The van der Waals surface area contributed by atoms with E-state index >= 15 is 0 Å². The third-order valence-corrected chi connectivity index (χ3v) is 4.83. The number of anilines is 1. The molecule has 8 heteroatoms. The van der Waals surface area contributed by atoms with Crippen molar-refractivity contribution >= 4 is 39.7 Å². The average molecular weight is 392 g/mol. The topological polar surface area (TPSA) is 111 Å². The maximum absolute atomic E-state index is 12.6. The smallest absolute Gasteiger partial charge is 0.270 e. The molecule has 0 fully saturated rings. The third-order valence-electron chi connectivity index (χ3n) is 4.83.